The zero-order chi connectivity index (χ0) is 22.6. The molecular formula is C32H45. The van der Waals surface area contributed by atoms with Crippen molar-refractivity contribution in [3.05, 3.63) is 59.2 Å². The van der Waals surface area contributed by atoms with Gasteiger partial charge >= 0.3 is 0 Å². The van der Waals surface area contributed by atoms with E-state index in [0.29, 0.717) is 0 Å². The number of unbranched alkanes of at least 4 members (excludes halogenated alkanes) is 9. The summed E-state index contributed by atoms with van der Waals surface area (Å²) in [4.78, 5) is 0. The van der Waals surface area contributed by atoms with Crippen LogP contribution in [0, 0.1) is 6.07 Å². The van der Waals surface area contributed by atoms with Gasteiger partial charge in [-0.25, -0.2) is 0 Å². The number of hydrogen-bond donors (Lipinski definition) is 0. The SMILES string of the molecule is CCCCCCc1[c]c2cc3ccccc3cc2c(CCCCCC)c1CCCCCC. The molecule has 0 heterocycles. The lowest BCUT2D eigenvalue weighted by Gasteiger charge is -2.19. The largest absolute Gasteiger partial charge is 0.0654 e. The van der Waals surface area contributed by atoms with Gasteiger partial charge in [0.1, 0.15) is 0 Å². The van der Waals surface area contributed by atoms with Crippen LogP contribution in [0.4, 0.5) is 0 Å². The van der Waals surface area contributed by atoms with Gasteiger partial charge in [0, 0.05) is 0 Å². The first-order chi connectivity index (χ1) is 15.8. The zero-order valence-corrected chi connectivity index (χ0v) is 21.1. The minimum Gasteiger partial charge on any atom is -0.0654 e. The highest BCUT2D eigenvalue weighted by atomic mass is 14.2. The summed E-state index contributed by atoms with van der Waals surface area (Å²) in [7, 11) is 0. The lowest BCUT2D eigenvalue weighted by atomic mass is 9.85. The number of aryl methyl sites for hydroxylation is 2. The molecular weight excluding hydrogens is 384 g/mol. The molecule has 3 rings (SSSR count). The van der Waals surface area contributed by atoms with E-state index in [1.54, 1.807) is 11.1 Å². The quantitative estimate of drug-likeness (QED) is 0.166. The van der Waals surface area contributed by atoms with Crippen LogP contribution in [0.15, 0.2) is 36.4 Å². The second-order valence-corrected chi connectivity index (χ2v) is 9.74. The van der Waals surface area contributed by atoms with E-state index in [2.05, 4.69) is 63.2 Å². The predicted octanol–water partition coefficient (Wildman–Crippen LogP) is 10.2. The van der Waals surface area contributed by atoms with Crippen LogP contribution in [0.25, 0.3) is 21.5 Å². The molecule has 0 aliphatic heterocycles. The molecule has 0 aromatic heterocycles. The van der Waals surface area contributed by atoms with Crippen LogP contribution in [-0.4, -0.2) is 0 Å². The molecule has 0 aliphatic rings. The number of hydrogen-bond acceptors (Lipinski definition) is 0. The summed E-state index contributed by atoms with van der Waals surface area (Å²) in [6.45, 7) is 6.93. The van der Waals surface area contributed by atoms with Gasteiger partial charge in [0.05, 0.1) is 0 Å². The highest BCUT2D eigenvalue weighted by Gasteiger charge is 2.15. The fourth-order valence-electron chi connectivity index (χ4n) is 5.16. The van der Waals surface area contributed by atoms with Gasteiger partial charge < -0.3 is 0 Å². The summed E-state index contributed by atoms with van der Waals surface area (Å²) >= 11 is 0. The van der Waals surface area contributed by atoms with Crippen LogP contribution in [0.5, 0.6) is 0 Å². The molecule has 0 spiro atoms. The second kappa shape index (κ2) is 13.7. The first-order valence-corrected chi connectivity index (χ1v) is 13.7. The molecule has 0 aliphatic carbocycles. The Hall–Kier alpha value is -1.82. The minimum absolute atomic E-state index is 1.20. The van der Waals surface area contributed by atoms with Crippen LogP contribution in [0.1, 0.15) is 115 Å². The maximum atomic E-state index is 3.95. The van der Waals surface area contributed by atoms with E-state index < -0.39 is 0 Å². The minimum atomic E-state index is 1.20. The lowest BCUT2D eigenvalue weighted by Crippen LogP contribution is -2.04. The fraction of sp³-hybridized carbons (Fsp3) is 0.562. The van der Waals surface area contributed by atoms with Crippen molar-refractivity contribution in [1.29, 1.82) is 0 Å². The molecule has 1 radical (unpaired) electrons. The van der Waals surface area contributed by atoms with E-state index in [9.17, 15) is 0 Å². The predicted molar refractivity (Wildman–Crippen MR) is 144 cm³/mol. The molecule has 0 fully saturated rings. The van der Waals surface area contributed by atoms with Crippen molar-refractivity contribution in [3.63, 3.8) is 0 Å². The number of rotatable bonds is 15. The van der Waals surface area contributed by atoms with Gasteiger partial charge in [0.25, 0.3) is 0 Å². The Morgan fingerprint density at radius 3 is 1.69 bits per heavy atom. The Morgan fingerprint density at radius 1 is 0.562 bits per heavy atom. The molecule has 3 aromatic carbocycles. The third-order valence-corrected chi connectivity index (χ3v) is 7.07. The van der Waals surface area contributed by atoms with E-state index >= 15 is 0 Å². The van der Waals surface area contributed by atoms with E-state index in [0.717, 1.165) is 0 Å². The second-order valence-electron chi connectivity index (χ2n) is 9.74. The molecule has 0 heteroatoms. The molecule has 0 saturated heterocycles. The van der Waals surface area contributed by atoms with Crippen LogP contribution < -0.4 is 0 Å². The molecule has 0 amide bonds. The number of benzene rings is 3. The molecule has 0 saturated carbocycles. The monoisotopic (exact) mass is 429 g/mol. The van der Waals surface area contributed by atoms with Crippen molar-refractivity contribution < 1.29 is 0 Å². The average molecular weight is 430 g/mol. The Morgan fingerprint density at radius 2 is 1.09 bits per heavy atom. The molecule has 32 heavy (non-hydrogen) atoms. The molecule has 0 unspecified atom stereocenters. The van der Waals surface area contributed by atoms with Crippen molar-refractivity contribution in [3.8, 4) is 0 Å². The summed E-state index contributed by atoms with van der Waals surface area (Å²) in [5.41, 5.74) is 4.85. The van der Waals surface area contributed by atoms with E-state index in [-0.39, 0.29) is 0 Å². The Balaban J connectivity index is 2.03. The van der Waals surface area contributed by atoms with E-state index in [1.807, 2.05) is 0 Å². The molecule has 0 N–H and O–H groups in total. The molecule has 0 nitrogen and oxygen atoms in total. The first-order valence-electron chi connectivity index (χ1n) is 13.7. The lowest BCUT2D eigenvalue weighted by molar-refractivity contribution is 0.641. The normalized spacial score (nSPS) is 11.6. The van der Waals surface area contributed by atoms with Gasteiger partial charge in [-0.15, -0.1) is 0 Å². The Kier molecular flexibility index (Phi) is 10.6. The third-order valence-electron chi connectivity index (χ3n) is 7.07. The smallest absolute Gasteiger partial charge is 0.00610 e. The number of fused-ring (bicyclic) bond motifs is 2. The van der Waals surface area contributed by atoms with Gasteiger partial charge in [0.2, 0.25) is 0 Å². The van der Waals surface area contributed by atoms with Gasteiger partial charge in [-0.1, -0.05) is 103 Å². The van der Waals surface area contributed by atoms with E-state index in [4.69, 9.17) is 0 Å². The van der Waals surface area contributed by atoms with Crippen LogP contribution in [-0.2, 0) is 19.3 Å². The standard InChI is InChI=1S/C32H45/c1-4-7-10-13-20-28-24-29-23-26-18-16-17-19-27(26)25-32(29)31(22-15-12-9-6-3)30(28)21-14-11-8-5-2/h16-19,23,25H,4-15,20-22H2,1-3H3. The summed E-state index contributed by atoms with van der Waals surface area (Å²) in [5.74, 6) is 0. The van der Waals surface area contributed by atoms with Gasteiger partial charge in [0.15, 0.2) is 0 Å². The molecule has 173 valence electrons. The van der Waals surface area contributed by atoms with Gasteiger partial charge in [-0.05, 0) is 95.0 Å². The Bertz CT molecular complexity index is 949. The highest BCUT2D eigenvalue weighted by molar-refractivity contribution is 6.00. The van der Waals surface area contributed by atoms with Crippen molar-refractivity contribution >= 4 is 21.5 Å². The Labute approximate surface area is 197 Å². The molecule has 3 aromatic rings. The summed E-state index contributed by atoms with van der Waals surface area (Å²) < 4.78 is 0. The maximum Gasteiger partial charge on any atom is -0.00610 e. The van der Waals surface area contributed by atoms with Gasteiger partial charge in [-0.3, -0.25) is 0 Å². The maximum absolute atomic E-state index is 3.95. The zero-order valence-electron chi connectivity index (χ0n) is 21.1. The van der Waals surface area contributed by atoms with E-state index in [1.165, 1.54) is 123 Å². The van der Waals surface area contributed by atoms with Crippen LogP contribution >= 0.6 is 0 Å². The third kappa shape index (κ3) is 6.84. The summed E-state index contributed by atoms with van der Waals surface area (Å²) in [5, 5.41) is 5.54. The van der Waals surface area contributed by atoms with Crippen molar-refractivity contribution in [1.82, 2.24) is 0 Å². The average Bonchev–Trinajstić information content (AvgIpc) is 2.81. The van der Waals surface area contributed by atoms with Gasteiger partial charge in [-0.2, -0.15) is 0 Å². The van der Waals surface area contributed by atoms with Crippen molar-refractivity contribution in [2.24, 2.45) is 0 Å². The molecule has 0 atom stereocenters. The fourth-order valence-corrected chi connectivity index (χ4v) is 5.16. The van der Waals surface area contributed by atoms with Crippen LogP contribution in [0.3, 0.4) is 0 Å². The highest BCUT2D eigenvalue weighted by Crippen LogP contribution is 2.33. The summed E-state index contributed by atoms with van der Waals surface area (Å²) in [6.07, 6.45) is 19.7. The topological polar surface area (TPSA) is 0 Å². The first kappa shape index (κ1) is 24.8. The van der Waals surface area contributed by atoms with Crippen LogP contribution in [0.2, 0.25) is 0 Å². The summed E-state index contributed by atoms with van der Waals surface area (Å²) in [6, 6.07) is 17.7. The molecule has 0 bridgehead atoms. The van der Waals surface area contributed by atoms with Crippen molar-refractivity contribution in [2.75, 3.05) is 0 Å². The van der Waals surface area contributed by atoms with Crippen molar-refractivity contribution in [2.45, 2.75) is 117 Å².